The van der Waals surface area contributed by atoms with Gasteiger partial charge in [-0.05, 0) is 18.1 Å². The number of hydrogen-bond donors (Lipinski definition) is 1. The minimum absolute atomic E-state index is 0.267. The molecule has 0 unspecified atom stereocenters. The summed E-state index contributed by atoms with van der Waals surface area (Å²) >= 11 is 0. The molecule has 70 valence electrons. The molecule has 0 saturated carbocycles. The zero-order chi connectivity index (χ0) is 9.68. The third kappa shape index (κ3) is 2.86. The molecular weight excluding hydrogens is 164 g/mol. The molecule has 0 aliphatic heterocycles. The Morgan fingerprint density at radius 1 is 1.62 bits per heavy atom. The molecule has 0 bridgehead atoms. The molecule has 0 fully saturated rings. The van der Waals surface area contributed by atoms with Crippen LogP contribution in [0.15, 0.2) is 18.5 Å². The van der Waals surface area contributed by atoms with Gasteiger partial charge in [-0.1, -0.05) is 6.92 Å². The highest BCUT2D eigenvalue weighted by Crippen LogP contribution is 2.11. The number of carbonyl (C=O) groups is 1. The Balaban J connectivity index is 2.54. The number of nitrogen functional groups attached to an aromatic ring is 1. The maximum atomic E-state index is 11.0. The van der Waals surface area contributed by atoms with Crippen molar-refractivity contribution in [1.29, 1.82) is 0 Å². The van der Waals surface area contributed by atoms with Crippen molar-refractivity contribution in [3.05, 3.63) is 24.0 Å². The van der Waals surface area contributed by atoms with E-state index in [2.05, 4.69) is 4.98 Å². The monoisotopic (exact) mass is 178 g/mol. The highest BCUT2D eigenvalue weighted by Gasteiger charge is 2.02. The molecule has 0 atom stereocenters. The molecular formula is C10H14N2O. The zero-order valence-electron chi connectivity index (χ0n) is 7.79. The molecule has 1 heterocycles. The maximum absolute atomic E-state index is 11.0. The number of hydrogen-bond acceptors (Lipinski definition) is 3. The Kier molecular flexibility index (Phi) is 3.43. The third-order valence-corrected chi connectivity index (χ3v) is 2.01. The van der Waals surface area contributed by atoms with Crippen molar-refractivity contribution >= 4 is 11.5 Å². The first-order valence-electron chi connectivity index (χ1n) is 4.44. The van der Waals surface area contributed by atoms with Gasteiger partial charge >= 0.3 is 0 Å². The number of aryl methyl sites for hydroxylation is 1. The number of carbonyl (C=O) groups excluding carboxylic acids is 1. The highest BCUT2D eigenvalue weighted by atomic mass is 16.1. The molecule has 3 nitrogen and oxygen atoms in total. The maximum Gasteiger partial charge on any atom is 0.132 e. The average molecular weight is 178 g/mol. The molecule has 0 saturated heterocycles. The van der Waals surface area contributed by atoms with Crippen LogP contribution in [0.5, 0.6) is 0 Å². The molecule has 13 heavy (non-hydrogen) atoms. The normalized spacial score (nSPS) is 9.92. The van der Waals surface area contributed by atoms with Crippen LogP contribution in [0.3, 0.4) is 0 Å². The van der Waals surface area contributed by atoms with Crippen molar-refractivity contribution in [3.63, 3.8) is 0 Å². The summed E-state index contributed by atoms with van der Waals surface area (Å²) in [5.74, 6) is 0.267. The fourth-order valence-corrected chi connectivity index (χ4v) is 1.10. The van der Waals surface area contributed by atoms with Gasteiger partial charge < -0.3 is 5.73 Å². The third-order valence-electron chi connectivity index (χ3n) is 2.01. The van der Waals surface area contributed by atoms with Crippen molar-refractivity contribution in [2.24, 2.45) is 0 Å². The second-order valence-electron chi connectivity index (χ2n) is 2.97. The van der Waals surface area contributed by atoms with E-state index in [0.717, 1.165) is 11.3 Å². The predicted molar refractivity (Wildman–Crippen MR) is 52.3 cm³/mol. The van der Waals surface area contributed by atoms with Crippen LogP contribution in [0.4, 0.5) is 5.69 Å². The van der Waals surface area contributed by atoms with Crippen molar-refractivity contribution in [2.75, 3.05) is 5.73 Å². The molecule has 0 aliphatic carbocycles. The van der Waals surface area contributed by atoms with Gasteiger partial charge in [0.15, 0.2) is 0 Å². The Labute approximate surface area is 78.0 Å². The average Bonchev–Trinajstić information content (AvgIpc) is 2.16. The summed E-state index contributed by atoms with van der Waals surface area (Å²) in [5, 5.41) is 0. The second kappa shape index (κ2) is 4.60. The van der Waals surface area contributed by atoms with Gasteiger partial charge in [-0.25, -0.2) is 0 Å². The Morgan fingerprint density at radius 3 is 3.00 bits per heavy atom. The quantitative estimate of drug-likeness (QED) is 0.761. The van der Waals surface area contributed by atoms with Crippen LogP contribution in [0.25, 0.3) is 0 Å². The van der Waals surface area contributed by atoms with Crippen molar-refractivity contribution in [2.45, 2.75) is 26.2 Å². The molecule has 0 spiro atoms. The van der Waals surface area contributed by atoms with E-state index in [0.29, 0.717) is 19.3 Å². The summed E-state index contributed by atoms with van der Waals surface area (Å²) in [6.45, 7) is 1.87. The molecule has 2 N–H and O–H groups in total. The van der Waals surface area contributed by atoms with Crippen LogP contribution in [0, 0.1) is 0 Å². The van der Waals surface area contributed by atoms with Crippen LogP contribution in [0.1, 0.15) is 25.3 Å². The van der Waals surface area contributed by atoms with E-state index < -0.39 is 0 Å². The van der Waals surface area contributed by atoms with E-state index in [9.17, 15) is 4.79 Å². The molecule has 0 aliphatic rings. The fraction of sp³-hybridized carbons (Fsp3) is 0.400. The lowest BCUT2D eigenvalue weighted by molar-refractivity contribution is -0.118. The summed E-state index contributed by atoms with van der Waals surface area (Å²) in [7, 11) is 0. The lowest BCUT2D eigenvalue weighted by Gasteiger charge is -2.02. The Hall–Kier alpha value is -1.38. The predicted octanol–water partition coefficient (Wildman–Crippen LogP) is 1.58. The highest BCUT2D eigenvalue weighted by molar-refractivity contribution is 5.78. The van der Waals surface area contributed by atoms with Crippen LogP contribution in [0.2, 0.25) is 0 Å². The van der Waals surface area contributed by atoms with Crippen LogP contribution in [-0.2, 0) is 11.2 Å². The zero-order valence-corrected chi connectivity index (χ0v) is 7.79. The smallest absolute Gasteiger partial charge is 0.132 e. The molecule has 0 radical (unpaired) electrons. The van der Waals surface area contributed by atoms with Gasteiger partial charge in [-0.15, -0.1) is 0 Å². The first-order chi connectivity index (χ1) is 6.24. The number of anilines is 1. The summed E-state index contributed by atoms with van der Waals surface area (Å²) in [6.07, 6.45) is 5.23. The number of rotatable bonds is 4. The van der Waals surface area contributed by atoms with Crippen molar-refractivity contribution < 1.29 is 4.79 Å². The Morgan fingerprint density at radius 2 is 2.38 bits per heavy atom. The first kappa shape index (κ1) is 9.71. The minimum Gasteiger partial charge on any atom is -0.398 e. The fourth-order valence-electron chi connectivity index (χ4n) is 1.10. The molecule has 1 aromatic heterocycles. The van der Waals surface area contributed by atoms with Crippen LogP contribution >= 0.6 is 0 Å². The first-order valence-corrected chi connectivity index (χ1v) is 4.44. The van der Waals surface area contributed by atoms with Crippen molar-refractivity contribution in [1.82, 2.24) is 4.98 Å². The lowest BCUT2D eigenvalue weighted by Crippen LogP contribution is -2.01. The topological polar surface area (TPSA) is 56.0 Å². The minimum atomic E-state index is 0.267. The molecule has 0 amide bonds. The van der Waals surface area contributed by atoms with Gasteiger partial charge in [0, 0.05) is 30.9 Å². The van der Waals surface area contributed by atoms with Gasteiger partial charge in [0.05, 0.1) is 0 Å². The summed E-state index contributed by atoms with van der Waals surface area (Å²) < 4.78 is 0. The number of pyridine rings is 1. The van der Waals surface area contributed by atoms with Gasteiger partial charge in [-0.3, -0.25) is 9.78 Å². The number of aromatic nitrogens is 1. The molecule has 1 rings (SSSR count). The summed E-state index contributed by atoms with van der Waals surface area (Å²) in [5.41, 5.74) is 7.38. The summed E-state index contributed by atoms with van der Waals surface area (Å²) in [6, 6.07) is 1.76. The van der Waals surface area contributed by atoms with E-state index in [1.807, 2.05) is 6.92 Å². The second-order valence-corrected chi connectivity index (χ2v) is 2.97. The van der Waals surface area contributed by atoms with Gasteiger partial charge in [-0.2, -0.15) is 0 Å². The standard InChI is InChI=1S/C10H14N2O/c1-2-9(13)4-3-8-7-12-6-5-10(8)11/h5-7H,2-4H2,1H3,(H2,11,12). The number of ketones is 1. The largest absolute Gasteiger partial charge is 0.398 e. The Bertz CT molecular complexity index is 297. The van der Waals surface area contributed by atoms with E-state index in [4.69, 9.17) is 5.73 Å². The molecule has 1 aromatic rings. The SMILES string of the molecule is CCC(=O)CCc1cnccc1N. The van der Waals surface area contributed by atoms with E-state index in [1.165, 1.54) is 0 Å². The van der Waals surface area contributed by atoms with Crippen molar-refractivity contribution in [3.8, 4) is 0 Å². The molecule has 3 heteroatoms. The molecule has 0 aromatic carbocycles. The van der Waals surface area contributed by atoms with Gasteiger partial charge in [0.1, 0.15) is 5.78 Å². The van der Waals surface area contributed by atoms with Crippen LogP contribution < -0.4 is 5.73 Å². The number of nitrogens with zero attached hydrogens (tertiary/aromatic N) is 1. The van der Waals surface area contributed by atoms with E-state index in [1.54, 1.807) is 18.5 Å². The van der Waals surface area contributed by atoms with Crippen LogP contribution in [-0.4, -0.2) is 10.8 Å². The number of Topliss-reactive ketones (excluding diaryl/α,β-unsaturated/α-hetero) is 1. The number of nitrogens with two attached hydrogens (primary N) is 1. The summed E-state index contributed by atoms with van der Waals surface area (Å²) in [4.78, 5) is 15.0. The van der Waals surface area contributed by atoms with Gasteiger partial charge in [0.25, 0.3) is 0 Å². The lowest BCUT2D eigenvalue weighted by atomic mass is 10.1. The van der Waals surface area contributed by atoms with Gasteiger partial charge in [0.2, 0.25) is 0 Å². The van der Waals surface area contributed by atoms with E-state index in [-0.39, 0.29) is 5.78 Å². The van der Waals surface area contributed by atoms with E-state index >= 15 is 0 Å².